The third-order valence-electron chi connectivity index (χ3n) is 8.69. The molecule has 1 saturated heterocycles. The molecule has 6 fully saturated rings. The van der Waals surface area contributed by atoms with Crippen LogP contribution < -0.4 is 10.1 Å². The first-order valence-corrected chi connectivity index (χ1v) is 12.7. The Bertz CT molecular complexity index is 826. The van der Waals surface area contributed by atoms with Crippen LogP contribution in [0.15, 0.2) is 24.3 Å². The molecule has 1 amide bonds. The molecule has 0 aromatic heterocycles. The molecule has 1 aromatic carbocycles. The van der Waals surface area contributed by atoms with E-state index >= 15 is 0 Å². The summed E-state index contributed by atoms with van der Waals surface area (Å²) in [6.45, 7) is 2.63. The van der Waals surface area contributed by atoms with E-state index in [1.807, 2.05) is 19.1 Å². The van der Waals surface area contributed by atoms with Crippen LogP contribution in [-0.4, -0.2) is 24.2 Å². The first-order chi connectivity index (χ1) is 15.6. The highest BCUT2D eigenvalue weighted by Gasteiger charge is 2.67. The highest BCUT2D eigenvalue weighted by Crippen LogP contribution is 2.64. The van der Waals surface area contributed by atoms with Gasteiger partial charge in [0, 0.05) is 31.2 Å². The summed E-state index contributed by atoms with van der Waals surface area (Å²) >= 11 is 0. The number of rotatable bonds is 4. The maximum Gasteiger partial charge on any atom is 0.412 e. The van der Waals surface area contributed by atoms with Gasteiger partial charge in [0.05, 0.1) is 0 Å². The molecule has 6 nitrogen and oxygen atoms in total. The zero-order valence-electron chi connectivity index (χ0n) is 19.0. The fraction of sp³-hybridized carbons (Fsp3) is 0.731. The predicted molar refractivity (Wildman–Crippen MR) is 118 cm³/mol. The van der Waals surface area contributed by atoms with E-state index in [9.17, 15) is 4.79 Å². The van der Waals surface area contributed by atoms with Crippen LogP contribution in [0.3, 0.4) is 0 Å². The third-order valence-corrected chi connectivity index (χ3v) is 8.69. The summed E-state index contributed by atoms with van der Waals surface area (Å²) in [4.78, 5) is 24.1. The molecule has 2 spiro atoms. The lowest BCUT2D eigenvalue weighted by molar-refractivity contribution is -0.390. The minimum atomic E-state index is -0.618. The highest BCUT2D eigenvalue weighted by molar-refractivity contribution is 5.70. The number of ether oxygens (including phenoxy) is 2. The molecule has 1 N–H and O–H groups in total. The van der Waals surface area contributed by atoms with Crippen molar-refractivity contribution in [3.63, 3.8) is 0 Å². The number of hydrogen-bond acceptors (Lipinski definition) is 5. The average Bonchev–Trinajstić information content (AvgIpc) is 3.15. The molecule has 0 radical (unpaired) electrons. The standard InChI is InChI=1S/C26H35NO5/c1-2-10-27-24(28)29-23-7-5-19(6-8-23)20-4-3-9-25(16-20)30-26(32-31-25)21-12-17-11-18(14-21)15-22(26)13-17/h5-8,17-18,20-22H,2-4,9-16H2,1H3,(H,27,28)/t17?,18?,20?,21?,22?,25-,26?/m1/s1. The molecular formula is C26H35NO5. The van der Waals surface area contributed by atoms with Gasteiger partial charge in [-0.25, -0.2) is 4.79 Å². The second-order valence-corrected chi connectivity index (χ2v) is 10.9. The van der Waals surface area contributed by atoms with Crippen molar-refractivity contribution in [1.82, 2.24) is 5.32 Å². The Morgan fingerprint density at radius 3 is 2.47 bits per heavy atom. The van der Waals surface area contributed by atoms with E-state index in [1.165, 1.54) is 37.7 Å². The van der Waals surface area contributed by atoms with Crippen molar-refractivity contribution in [3.8, 4) is 5.75 Å². The number of benzene rings is 1. The Morgan fingerprint density at radius 1 is 1.06 bits per heavy atom. The van der Waals surface area contributed by atoms with Crippen molar-refractivity contribution in [2.75, 3.05) is 6.54 Å². The number of nitrogens with one attached hydrogen (secondary N) is 1. The molecule has 1 unspecified atom stereocenters. The molecule has 5 saturated carbocycles. The zero-order chi connectivity index (χ0) is 21.8. The second-order valence-electron chi connectivity index (χ2n) is 10.9. The molecule has 6 heteroatoms. The van der Waals surface area contributed by atoms with E-state index in [-0.39, 0.29) is 0 Å². The monoisotopic (exact) mass is 441 g/mol. The molecule has 5 aliphatic carbocycles. The summed E-state index contributed by atoms with van der Waals surface area (Å²) < 4.78 is 12.3. The summed E-state index contributed by atoms with van der Waals surface area (Å²) in [6.07, 6.45) is 10.7. The molecule has 7 rings (SSSR count). The van der Waals surface area contributed by atoms with Crippen molar-refractivity contribution in [3.05, 3.63) is 29.8 Å². The van der Waals surface area contributed by atoms with Gasteiger partial charge in [-0.15, -0.1) is 0 Å². The van der Waals surface area contributed by atoms with Gasteiger partial charge in [0.2, 0.25) is 11.6 Å². The molecule has 4 bridgehead atoms. The van der Waals surface area contributed by atoms with Crippen molar-refractivity contribution >= 4 is 6.09 Å². The maximum atomic E-state index is 11.8. The molecule has 1 aliphatic heterocycles. The van der Waals surface area contributed by atoms with Crippen molar-refractivity contribution in [1.29, 1.82) is 0 Å². The van der Waals surface area contributed by atoms with Crippen LogP contribution in [-0.2, 0) is 14.5 Å². The van der Waals surface area contributed by atoms with Gasteiger partial charge in [-0.2, -0.15) is 9.78 Å². The van der Waals surface area contributed by atoms with Gasteiger partial charge in [-0.05, 0) is 86.8 Å². The van der Waals surface area contributed by atoms with Gasteiger partial charge in [0.25, 0.3) is 0 Å². The number of carbonyl (C=O) groups is 1. The van der Waals surface area contributed by atoms with Crippen LogP contribution in [0.4, 0.5) is 4.79 Å². The molecule has 6 aliphatic rings. The van der Waals surface area contributed by atoms with E-state index in [0.29, 0.717) is 30.0 Å². The Morgan fingerprint density at radius 2 is 1.78 bits per heavy atom. The molecule has 1 heterocycles. The van der Waals surface area contributed by atoms with Crippen LogP contribution in [0.1, 0.15) is 82.6 Å². The minimum absolute atomic E-state index is 0.349. The van der Waals surface area contributed by atoms with E-state index in [0.717, 1.165) is 43.9 Å². The quantitative estimate of drug-likeness (QED) is 0.610. The Balaban J connectivity index is 1.13. The summed E-state index contributed by atoms with van der Waals surface area (Å²) in [5, 5.41) is 2.73. The lowest BCUT2D eigenvalue weighted by Gasteiger charge is -2.57. The van der Waals surface area contributed by atoms with Crippen LogP contribution in [0.2, 0.25) is 0 Å². The first-order valence-electron chi connectivity index (χ1n) is 12.7. The molecule has 1 aromatic rings. The van der Waals surface area contributed by atoms with Crippen molar-refractivity contribution in [2.24, 2.45) is 23.7 Å². The normalized spacial score (nSPS) is 42.0. The van der Waals surface area contributed by atoms with E-state index in [2.05, 4.69) is 17.4 Å². The van der Waals surface area contributed by atoms with Gasteiger partial charge in [-0.1, -0.05) is 19.1 Å². The van der Waals surface area contributed by atoms with Crippen LogP contribution in [0, 0.1) is 23.7 Å². The molecule has 32 heavy (non-hydrogen) atoms. The fourth-order valence-electron chi connectivity index (χ4n) is 7.44. The topological polar surface area (TPSA) is 66.0 Å². The lowest BCUT2D eigenvalue weighted by atomic mass is 9.53. The summed E-state index contributed by atoms with van der Waals surface area (Å²) in [6, 6.07) is 7.91. The van der Waals surface area contributed by atoms with Crippen LogP contribution in [0.25, 0.3) is 0 Å². The lowest BCUT2D eigenvalue weighted by Crippen LogP contribution is -2.59. The smallest absolute Gasteiger partial charge is 0.410 e. The van der Waals surface area contributed by atoms with Gasteiger partial charge in [0.1, 0.15) is 5.75 Å². The highest BCUT2D eigenvalue weighted by atomic mass is 17.3. The molecule has 2 atom stereocenters. The second kappa shape index (κ2) is 8.00. The van der Waals surface area contributed by atoms with E-state index in [4.69, 9.17) is 19.2 Å². The maximum absolute atomic E-state index is 11.8. The Kier molecular flexibility index (Phi) is 5.23. The SMILES string of the molecule is CCCNC(=O)Oc1ccc(C2CCC[C@]3(C2)OOC2(O3)C3CC4CC(C3)CC2C4)cc1. The fourth-order valence-corrected chi connectivity index (χ4v) is 7.44. The number of amides is 1. The van der Waals surface area contributed by atoms with E-state index < -0.39 is 17.7 Å². The molecular weight excluding hydrogens is 406 g/mol. The van der Waals surface area contributed by atoms with Crippen molar-refractivity contribution < 1.29 is 24.0 Å². The number of carbonyl (C=O) groups excluding carboxylic acids is 1. The Labute approximate surface area is 190 Å². The van der Waals surface area contributed by atoms with Crippen molar-refractivity contribution in [2.45, 2.75) is 88.6 Å². The van der Waals surface area contributed by atoms with E-state index in [1.54, 1.807) is 0 Å². The van der Waals surface area contributed by atoms with Gasteiger partial charge in [0.15, 0.2) is 0 Å². The van der Waals surface area contributed by atoms with Crippen LogP contribution in [0.5, 0.6) is 5.75 Å². The summed E-state index contributed by atoms with van der Waals surface area (Å²) in [5.74, 6) is 2.53. The average molecular weight is 442 g/mol. The van der Waals surface area contributed by atoms with Gasteiger partial charge < -0.3 is 14.8 Å². The Hall–Kier alpha value is -1.63. The predicted octanol–water partition coefficient (Wildman–Crippen LogP) is 5.67. The largest absolute Gasteiger partial charge is 0.412 e. The summed E-state index contributed by atoms with van der Waals surface area (Å²) in [7, 11) is 0. The first kappa shape index (κ1) is 20.9. The molecule has 174 valence electrons. The zero-order valence-corrected chi connectivity index (χ0v) is 19.0. The number of hydrogen-bond donors (Lipinski definition) is 1. The van der Waals surface area contributed by atoms with Gasteiger partial charge in [-0.3, -0.25) is 0 Å². The van der Waals surface area contributed by atoms with Crippen LogP contribution >= 0.6 is 0 Å². The minimum Gasteiger partial charge on any atom is -0.410 e. The third kappa shape index (κ3) is 3.55. The van der Waals surface area contributed by atoms with Gasteiger partial charge >= 0.3 is 6.09 Å². The summed E-state index contributed by atoms with van der Waals surface area (Å²) in [5.41, 5.74) is 1.24.